The summed E-state index contributed by atoms with van der Waals surface area (Å²) < 4.78 is 34.5. The normalized spacial score (nSPS) is 16.5. The number of benzene rings is 1. The van der Waals surface area contributed by atoms with E-state index in [4.69, 9.17) is 0 Å². The number of guanidine groups is 1. The van der Waals surface area contributed by atoms with Gasteiger partial charge in [-0.3, -0.25) is 9.79 Å². The number of nitrogens with one attached hydrogen (secondary N) is 2. The number of para-hydroxylation sites is 2. The molecule has 7 nitrogen and oxygen atoms in total. The predicted molar refractivity (Wildman–Crippen MR) is 115 cm³/mol. The van der Waals surface area contributed by atoms with Crippen molar-refractivity contribution in [2.24, 2.45) is 4.99 Å². The van der Waals surface area contributed by atoms with Crippen LogP contribution in [0.4, 0.5) is 14.5 Å². The summed E-state index contributed by atoms with van der Waals surface area (Å²) in [5, 5.41) is 6.46. The molecule has 0 saturated carbocycles. The van der Waals surface area contributed by atoms with Crippen LogP contribution in [0.1, 0.15) is 19.8 Å². The van der Waals surface area contributed by atoms with Gasteiger partial charge in [-0.05, 0) is 25.5 Å². The number of ether oxygens (including phenoxy) is 2. The van der Waals surface area contributed by atoms with E-state index in [9.17, 15) is 13.6 Å². The summed E-state index contributed by atoms with van der Waals surface area (Å²) in [4.78, 5) is 17.6. The summed E-state index contributed by atoms with van der Waals surface area (Å²) in [5.74, 6) is 0.481. The number of hydrogen-bond donors (Lipinski definition) is 2. The van der Waals surface area contributed by atoms with E-state index in [1.165, 1.54) is 7.11 Å². The molecule has 0 bridgehead atoms. The maximum atomic E-state index is 12.6. The third-order valence-corrected chi connectivity index (χ3v) is 4.11. The highest BCUT2D eigenvalue weighted by molar-refractivity contribution is 14.0. The first-order valence-electron chi connectivity index (χ1n) is 8.94. The molecule has 10 heteroatoms. The summed E-state index contributed by atoms with van der Waals surface area (Å²) in [6.45, 7) is 1.45. The molecule has 1 heterocycles. The van der Waals surface area contributed by atoms with E-state index in [1.54, 1.807) is 24.3 Å². The zero-order chi connectivity index (χ0) is 19.6. The monoisotopic (exact) mass is 512 g/mol. The maximum Gasteiger partial charge on any atom is 0.387 e. The lowest BCUT2D eigenvalue weighted by Crippen LogP contribution is -2.44. The van der Waals surface area contributed by atoms with Crippen molar-refractivity contribution in [1.29, 1.82) is 0 Å². The molecule has 1 unspecified atom stereocenters. The number of anilines is 1. The van der Waals surface area contributed by atoms with Gasteiger partial charge in [0.25, 0.3) is 0 Å². The number of methoxy groups -OCH3 is 1. The number of carbonyl (C=O) groups is 1. The third-order valence-electron chi connectivity index (χ3n) is 4.11. The van der Waals surface area contributed by atoms with Crippen molar-refractivity contribution in [3.8, 4) is 5.75 Å². The Morgan fingerprint density at radius 2 is 2.14 bits per heavy atom. The zero-order valence-corrected chi connectivity index (χ0v) is 18.3. The first-order valence-corrected chi connectivity index (χ1v) is 8.94. The second-order valence-corrected chi connectivity index (χ2v) is 6.01. The van der Waals surface area contributed by atoms with Crippen LogP contribution in [0.2, 0.25) is 0 Å². The number of alkyl halides is 2. The van der Waals surface area contributed by atoms with Crippen molar-refractivity contribution in [2.45, 2.75) is 32.4 Å². The lowest BCUT2D eigenvalue weighted by atomic mass is 10.2. The largest absolute Gasteiger partial charge is 0.469 e. The van der Waals surface area contributed by atoms with Gasteiger partial charge in [0.1, 0.15) is 5.75 Å². The van der Waals surface area contributed by atoms with Crippen LogP contribution < -0.4 is 20.3 Å². The summed E-state index contributed by atoms with van der Waals surface area (Å²) in [6.07, 6.45) is 1.03. The number of esters is 1. The minimum Gasteiger partial charge on any atom is -0.469 e. The minimum atomic E-state index is -2.86. The van der Waals surface area contributed by atoms with Crippen LogP contribution >= 0.6 is 24.0 Å². The number of hydrogen-bond acceptors (Lipinski definition) is 5. The summed E-state index contributed by atoms with van der Waals surface area (Å²) in [5.41, 5.74) is 0.648. The molecule has 28 heavy (non-hydrogen) atoms. The van der Waals surface area contributed by atoms with Crippen molar-refractivity contribution in [3.05, 3.63) is 24.3 Å². The molecule has 2 N–H and O–H groups in total. The summed E-state index contributed by atoms with van der Waals surface area (Å²) in [6, 6.07) is 6.88. The van der Waals surface area contributed by atoms with Gasteiger partial charge in [-0.1, -0.05) is 12.1 Å². The van der Waals surface area contributed by atoms with Crippen molar-refractivity contribution in [2.75, 3.05) is 38.2 Å². The molecule has 1 aromatic carbocycles. The van der Waals surface area contributed by atoms with Crippen molar-refractivity contribution in [1.82, 2.24) is 10.6 Å². The Hall–Kier alpha value is -1.85. The van der Waals surface area contributed by atoms with Crippen LogP contribution in [0.3, 0.4) is 0 Å². The van der Waals surface area contributed by atoms with Crippen LogP contribution in [0.25, 0.3) is 0 Å². The van der Waals surface area contributed by atoms with E-state index in [0.717, 1.165) is 6.42 Å². The van der Waals surface area contributed by atoms with Crippen LogP contribution in [-0.4, -0.2) is 57.9 Å². The number of nitrogens with zero attached hydrogens (tertiary/aromatic N) is 2. The van der Waals surface area contributed by atoms with Gasteiger partial charge < -0.3 is 25.0 Å². The fourth-order valence-electron chi connectivity index (χ4n) is 2.89. The van der Waals surface area contributed by atoms with Gasteiger partial charge >= 0.3 is 12.6 Å². The van der Waals surface area contributed by atoms with Crippen molar-refractivity contribution < 1.29 is 23.0 Å². The molecule has 1 fully saturated rings. The van der Waals surface area contributed by atoms with E-state index in [1.807, 2.05) is 11.8 Å². The highest BCUT2D eigenvalue weighted by Crippen LogP contribution is 2.31. The van der Waals surface area contributed by atoms with Gasteiger partial charge in [0.05, 0.1) is 25.8 Å². The second kappa shape index (κ2) is 12.6. The molecule has 1 saturated heterocycles. The zero-order valence-electron chi connectivity index (χ0n) is 16.0. The minimum absolute atomic E-state index is 0. The molecular formula is C18H27F2IN4O3. The van der Waals surface area contributed by atoms with Gasteiger partial charge in [-0.15, -0.1) is 24.0 Å². The molecule has 1 atom stereocenters. The van der Waals surface area contributed by atoms with Crippen LogP contribution in [-0.2, 0) is 9.53 Å². The van der Waals surface area contributed by atoms with E-state index in [2.05, 4.69) is 25.1 Å². The van der Waals surface area contributed by atoms with Gasteiger partial charge in [0.15, 0.2) is 5.96 Å². The first kappa shape index (κ1) is 24.2. The lowest BCUT2D eigenvalue weighted by Gasteiger charge is -2.22. The SMILES string of the molecule is CCNC(=NCCC(=O)OC)NC1CCN(c2ccccc2OC(F)F)C1.I. The van der Waals surface area contributed by atoms with Crippen molar-refractivity contribution in [3.63, 3.8) is 0 Å². The van der Waals surface area contributed by atoms with E-state index in [0.29, 0.717) is 37.8 Å². The Morgan fingerprint density at radius 3 is 2.82 bits per heavy atom. The van der Waals surface area contributed by atoms with Gasteiger partial charge in [0.2, 0.25) is 0 Å². The van der Waals surface area contributed by atoms with Gasteiger partial charge in [-0.2, -0.15) is 8.78 Å². The summed E-state index contributed by atoms with van der Waals surface area (Å²) in [7, 11) is 1.35. The smallest absolute Gasteiger partial charge is 0.387 e. The fourth-order valence-corrected chi connectivity index (χ4v) is 2.89. The number of halogens is 3. The quantitative estimate of drug-likeness (QED) is 0.242. The highest BCUT2D eigenvalue weighted by Gasteiger charge is 2.26. The lowest BCUT2D eigenvalue weighted by molar-refractivity contribution is -0.140. The molecule has 1 aliphatic rings. The highest BCUT2D eigenvalue weighted by atomic mass is 127. The summed E-state index contributed by atoms with van der Waals surface area (Å²) >= 11 is 0. The Kier molecular flexibility index (Phi) is 10.9. The van der Waals surface area contributed by atoms with E-state index >= 15 is 0 Å². The Bertz CT molecular complexity index is 649. The standard InChI is InChI=1S/C18H26F2N4O3.HI/c1-3-21-18(22-10-8-16(25)26-2)23-13-9-11-24(12-13)14-6-4-5-7-15(14)27-17(19)20;/h4-7,13,17H,3,8-12H2,1-2H3,(H2,21,22,23);1H. The molecule has 0 spiro atoms. The van der Waals surface area contributed by atoms with Gasteiger partial charge in [-0.25, -0.2) is 0 Å². The molecule has 2 rings (SSSR count). The Morgan fingerprint density at radius 1 is 1.39 bits per heavy atom. The van der Waals surface area contributed by atoms with Crippen LogP contribution in [0.15, 0.2) is 29.3 Å². The second-order valence-electron chi connectivity index (χ2n) is 6.01. The maximum absolute atomic E-state index is 12.6. The molecule has 1 aliphatic heterocycles. The molecule has 0 aliphatic carbocycles. The molecule has 0 radical (unpaired) electrons. The molecule has 158 valence electrons. The number of carbonyl (C=O) groups excluding carboxylic acids is 1. The van der Waals surface area contributed by atoms with E-state index < -0.39 is 6.61 Å². The average Bonchev–Trinajstić information content (AvgIpc) is 3.10. The Labute approximate surface area is 180 Å². The number of aliphatic imine (C=N–C) groups is 1. The third kappa shape index (κ3) is 7.64. The van der Waals surface area contributed by atoms with Gasteiger partial charge in [0, 0.05) is 25.7 Å². The predicted octanol–water partition coefficient (Wildman–Crippen LogP) is 2.60. The van der Waals surface area contributed by atoms with Crippen LogP contribution in [0, 0.1) is 0 Å². The molecular weight excluding hydrogens is 485 g/mol. The molecule has 1 aromatic rings. The molecule has 0 amide bonds. The number of rotatable bonds is 8. The Balaban J connectivity index is 0.00000392. The first-order chi connectivity index (χ1) is 13.0. The average molecular weight is 512 g/mol. The molecule has 0 aromatic heterocycles. The van der Waals surface area contributed by atoms with E-state index in [-0.39, 0.29) is 48.2 Å². The van der Waals surface area contributed by atoms with Crippen molar-refractivity contribution >= 4 is 41.6 Å². The fraction of sp³-hybridized carbons (Fsp3) is 0.556. The van der Waals surface area contributed by atoms with Crippen LogP contribution in [0.5, 0.6) is 5.75 Å². The topological polar surface area (TPSA) is 75.2 Å².